The number of hydrogen-bond donors (Lipinski definition) is 1. The maximum absolute atomic E-state index is 12.8. The molecule has 25 heavy (non-hydrogen) atoms. The van der Waals surface area contributed by atoms with Gasteiger partial charge in [0.1, 0.15) is 0 Å². The lowest BCUT2D eigenvalue weighted by atomic mass is 10.00. The van der Waals surface area contributed by atoms with E-state index in [2.05, 4.69) is 0 Å². The number of nitro benzene ring substituents is 1. The number of nitro groups is 1. The number of carbonyl (C=O) groups is 1. The molecule has 6 nitrogen and oxygen atoms in total. The van der Waals surface area contributed by atoms with Crippen LogP contribution < -0.4 is 0 Å². The summed E-state index contributed by atoms with van der Waals surface area (Å²) in [7, 11) is 0. The Labute approximate surface area is 145 Å². The van der Waals surface area contributed by atoms with E-state index in [4.69, 9.17) is 0 Å². The fourth-order valence-electron chi connectivity index (χ4n) is 3.34. The summed E-state index contributed by atoms with van der Waals surface area (Å²) in [5.41, 5.74) is 1.05. The van der Waals surface area contributed by atoms with Crippen LogP contribution in [0.1, 0.15) is 41.3 Å². The van der Waals surface area contributed by atoms with Crippen molar-refractivity contribution in [1.29, 1.82) is 0 Å². The zero-order valence-electron chi connectivity index (χ0n) is 13.7. The number of non-ortho nitro benzene ring substituents is 1. The van der Waals surface area contributed by atoms with Gasteiger partial charge in [0.2, 0.25) is 0 Å². The summed E-state index contributed by atoms with van der Waals surface area (Å²) < 4.78 is 0. The highest BCUT2D eigenvalue weighted by atomic mass is 16.6. The lowest BCUT2D eigenvalue weighted by Gasteiger charge is -2.27. The van der Waals surface area contributed by atoms with Gasteiger partial charge in [0.25, 0.3) is 11.6 Å². The van der Waals surface area contributed by atoms with Crippen LogP contribution in [0.5, 0.6) is 0 Å². The van der Waals surface area contributed by atoms with E-state index < -0.39 is 11.0 Å². The molecule has 0 saturated carbocycles. The number of nitrogens with zero attached hydrogens (tertiary/aromatic N) is 2. The monoisotopic (exact) mass is 340 g/mol. The van der Waals surface area contributed by atoms with Gasteiger partial charge in [0.15, 0.2) is 0 Å². The maximum Gasteiger partial charge on any atom is 0.270 e. The Hall–Kier alpha value is -2.73. The molecule has 6 heteroatoms. The van der Waals surface area contributed by atoms with Crippen LogP contribution in [-0.4, -0.2) is 33.4 Å². The molecule has 2 aromatic rings. The van der Waals surface area contributed by atoms with Gasteiger partial charge < -0.3 is 10.0 Å². The third kappa shape index (κ3) is 3.85. The number of aliphatic hydroxyl groups excluding tert-OH is 1. The van der Waals surface area contributed by atoms with Crippen LogP contribution in [-0.2, 0) is 0 Å². The molecule has 2 aromatic carbocycles. The fraction of sp³-hybridized carbons (Fsp3) is 0.316. The molecule has 3 rings (SSSR count). The Morgan fingerprint density at radius 3 is 2.72 bits per heavy atom. The summed E-state index contributed by atoms with van der Waals surface area (Å²) in [4.78, 5) is 24.9. The first-order valence-corrected chi connectivity index (χ1v) is 8.34. The average Bonchev–Trinajstić information content (AvgIpc) is 3.10. The second-order valence-electron chi connectivity index (χ2n) is 6.26. The Bertz CT molecular complexity index is 763. The first-order chi connectivity index (χ1) is 12.1. The van der Waals surface area contributed by atoms with Crippen molar-refractivity contribution >= 4 is 11.6 Å². The van der Waals surface area contributed by atoms with Crippen LogP contribution in [0.25, 0.3) is 0 Å². The number of hydrogen-bond acceptors (Lipinski definition) is 4. The largest absolute Gasteiger partial charge is 0.388 e. The quantitative estimate of drug-likeness (QED) is 0.668. The van der Waals surface area contributed by atoms with E-state index in [0.717, 1.165) is 18.4 Å². The normalized spacial score (nSPS) is 18.1. The highest BCUT2D eigenvalue weighted by molar-refractivity contribution is 5.95. The predicted molar refractivity (Wildman–Crippen MR) is 93.2 cm³/mol. The Morgan fingerprint density at radius 2 is 2.00 bits per heavy atom. The Morgan fingerprint density at radius 1 is 1.24 bits per heavy atom. The molecular weight excluding hydrogens is 320 g/mol. The Balaban J connectivity index is 1.74. The fourth-order valence-corrected chi connectivity index (χ4v) is 3.34. The van der Waals surface area contributed by atoms with Gasteiger partial charge in [-0.25, -0.2) is 0 Å². The van der Waals surface area contributed by atoms with Crippen LogP contribution in [0, 0.1) is 10.1 Å². The van der Waals surface area contributed by atoms with Gasteiger partial charge >= 0.3 is 0 Å². The second kappa shape index (κ2) is 7.44. The molecule has 0 aliphatic carbocycles. The van der Waals surface area contributed by atoms with Crippen LogP contribution in [0.4, 0.5) is 5.69 Å². The summed E-state index contributed by atoms with van der Waals surface area (Å²) in [5, 5.41) is 21.4. The van der Waals surface area contributed by atoms with Crippen LogP contribution in [0.3, 0.4) is 0 Å². The zero-order chi connectivity index (χ0) is 17.8. The van der Waals surface area contributed by atoms with Crippen molar-refractivity contribution in [2.45, 2.75) is 31.4 Å². The summed E-state index contributed by atoms with van der Waals surface area (Å²) >= 11 is 0. The van der Waals surface area contributed by atoms with Crippen LogP contribution >= 0.6 is 0 Å². The van der Waals surface area contributed by atoms with Crippen molar-refractivity contribution in [2.24, 2.45) is 0 Å². The number of rotatable bonds is 5. The lowest BCUT2D eigenvalue weighted by molar-refractivity contribution is -0.384. The van der Waals surface area contributed by atoms with Gasteiger partial charge in [-0.15, -0.1) is 0 Å². The first-order valence-electron chi connectivity index (χ1n) is 8.34. The smallest absolute Gasteiger partial charge is 0.270 e. The predicted octanol–water partition coefficient (Wildman–Crippen LogP) is 3.32. The minimum absolute atomic E-state index is 0.0676. The van der Waals surface area contributed by atoms with Gasteiger partial charge in [0.05, 0.1) is 11.0 Å². The van der Waals surface area contributed by atoms with Crippen molar-refractivity contribution in [3.8, 4) is 0 Å². The molecular formula is C19H20N2O4. The second-order valence-corrected chi connectivity index (χ2v) is 6.26. The van der Waals surface area contributed by atoms with E-state index >= 15 is 0 Å². The average molecular weight is 340 g/mol. The molecule has 1 aliphatic heterocycles. The number of aliphatic hydroxyl groups is 1. The minimum Gasteiger partial charge on any atom is -0.388 e. The van der Waals surface area contributed by atoms with E-state index in [9.17, 15) is 20.0 Å². The van der Waals surface area contributed by atoms with Crippen molar-refractivity contribution in [3.63, 3.8) is 0 Å². The van der Waals surface area contributed by atoms with Crippen molar-refractivity contribution in [1.82, 2.24) is 4.90 Å². The van der Waals surface area contributed by atoms with Crippen LogP contribution in [0.15, 0.2) is 54.6 Å². The van der Waals surface area contributed by atoms with E-state index in [0.29, 0.717) is 18.5 Å². The molecule has 1 heterocycles. The summed E-state index contributed by atoms with van der Waals surface area (Å²) in [6, 6.07) is 15.1. The van der Waals surface area contributed by atoms with Gasteiger partial charge in [0, 0.05) is 30.3 Å². The van der Waals surface area contributed by atoms with Gasteiger partial charge in [-0.3, -0.25) is 14.9 Å². The number of carbonyl (C=O) groups excluding carboxylic acids is 1. The highest BCUT2D eigenvalue weighted by Gasteiger charge is 2.31. The summed E-state index contributed by atoms with van der Waals surface area (Å²) in [6.07, 6.45) is 1.52. The first kappa shape index (κ1) is 17.1. The molecule has 2 atom stereocenters. The molecule has 0 radical (unpaired) electrons. The molecule has 1 fully saturated rings. The van der Waals surface area contributed by atoms with Crippen molar-refractivity contribution in [3.05, 3.63) is 75.8 Å². The molecule has 0 aromatic heterocycles. The van der Waals surface area contributed by atoms with Gasteiger partial charge in [-0.1, -0.05) is 36.4 Å². The van der Waals surface area contributed by atoms with E-state index in [1.54, 1.807) is 11.0 Å². The lowest BCUT2D eigenvalue weighted by Crippen LogP contribution is -2.36. The highest BCUT2D eigenvalue weighted by Crippen LogP contribution is 2.29. The SMILES string of the molecule is O=C(c1cccc([N+](=O)[O-])c1)N1CCC[C@H]1C[C@@H](O)c1ccccc1. The topological polar surface area (TPSA) is 83.7 Å². The molecule has 0 bridgehead atoms. The van der Waals surface area contributed by atoms with E-state index in [-0.39, 0.29) is 17.6 Å². The maximum atomic E-state index is 12.8. The molecule has 0 spiro atoms. The molecule has 1 N–H and O–H groups in total. The Kier molecular flexibility index (Phi) is 5.09. The number of benzene rings is 2. The van der Waals surface area contributed by atoms with Crippen molar-refractivity contribution < 1.29 is 14.8 Å². The third-order valence-electron chi connectivity index (χ3n) is 4.62. The molecule has 1 saturated heterocycles. The van der Waals surface area contributed by atoms with Crippen LogP contribution in [0.2, 0.25) is 0 Å². The molecule has 0 unspecified atom stereocenters. The summed E-state index contributed by atoms with van der Waals surface area (Å²) in [6.45, 7) is 0.605. The molecule has 130 valence electrons. The van der Waals surface area contributed by atoms with Gasteiger partial charge in [-0.05, 0) is 30.9 Å². The minimum atomic E-state index is -0.635. The standard InChI is InChI=1S/C19H20N2O4/c22-18(14-6-2-1-3-7-14)13-16-10-5-11-20(16)19(23)15-8-4-9-17(12-15)21(24)25/h1-4,6-9,12,16,18,22H,5,10-11,13H2/t16-,18+/m0/s1. The molecule has 1 amide bonds. The van der Waals surface area contributed by atoms with Crippen molar-refractivity contribution in [2.75, 3.05) is 6.54 Å². The molecule has 1 aliphatic rings. The van der Waals surface area contributed by atoms with E-state index in [1.807, 2.05) is 30.3 Å². The van der Waals surface area contributed by atoms with E-state index in [1.165, 1.54) is 18.2 Å². The summed E-state index contributed by atoms with van der Waals surface area (Å²) in [5.74, 6) is -0.216. The zero-order valence-corrected chi connectivity index (χ0v) is 13.7. The van der Waals surface area contributed by atoms with Gasteiger partial charge in [-0.2, -0.15) is 0 Å². The number of likely N-dealkylation sites (tertiary alicyclic amines) is 1. The third-order valence-corrected chi connectivity index (χ3v) is 4.62. The number of amides is 1.